The highest BCUT2D eigenvalue weighted by Crippen LogP contribution is 2.34. The highest BCUT2D eigenvalue weighted by molar-refractivity contribution is 14.1. The Morgan fingerprint density at radius 2 is 2.07 bits per heavy atom. The fourth-order valence-corrected chi connectivity index (χ4v) is 2.66. The molecule has 0 amide bonds. The van der Waals surface area contributed by atoms with Gasteiger partial charge >= 0.3 is 0 Å². The van der Waals surface area contributed by atoms with Crippen molar-refractivity contribution in [3.8, 4) is 0 Å². The van der Waals surface area contributed by atoms with Gasteiger partial charge in [0.1, 0.15) is 0 Å². The van der Waals surface area contributed by atoms with Gasteiger partial charge in [-0.15, -0.1) is 0 Å². The second-order valence-electron chi connectivity index (χ2n) is 4.13. The van der Waals surface area contributed by atoms with Gasteiger partial charge in [-0.25, -0.2) is 0 Å². The molecule has 0 unspecified atom stereocenters. The van der Waals surface area contributed by atoms with Gasteiger partial charge in [0.05, 0.1) is 8.49 Å². The fraction of sp³-hybridized carbons (Fsp3) is 0.455. The molecule has 82 valence electrons. The zero-order valence-electron chi connectivity index (χ0n) is 9.08. The van der Waals surface area contributed by atoms with Gasteiger partial charge in [0.15, 0.2) is 0 Å². The van der Waals surface area contributed by atoms with Crippen LogP contribution in [0.2, 0.25) is 0 Å². The Bertz CT molecular complexity index is 388. The van der Waals surface area contributed by atoms with Crippen molar-refractivity contribution in [2.45, 2.75) is 32.6 Å². The summed E-state index contributed by atoms with van der Waals surface area (Å²) in [5.41, 5.74) is 1.25. The van der Waals surface area contributed by atoms with Crippen molar-refractivity contribution in [3.63, 3.8) is 0 Å². The first kappa shape index (κ1) is 12.4. The average Bonchev–Trinajstić information content (AvgIpc) is 2.17. The van der Waals surface area contributed by atoms with Crippen LogP contribution in [0.5, 0.6) is 0 Å². The van der Waals surface area contributed by atoms with Gasteiger partial charge in [-0.3, -0.25) is 10.1 Å². The summed E-state index contributed by atoms with van der Waals surface area (Å²) in [6, 6.07) is 5.28. The summed E-state index contributed by atoms with van der Waals surface area (Å²) in [5.74, 6) is 0. The molecule has 1 rings (SSSR count). The Morgan fingerprint density at radius 3 is 2.53 bits per heavy atom. The number of rotatable bonds is 3. The van der Waals surface area contributed by atoms with Crippen LogP contribution < -0.4 is 0 Å². The summed E-state index contributed by atoms with van der Waals surface area (Å²) >= 11 is 2.06. The zero-order valence-corrected chi connectivity index (χ0v) is 11.2. The Morgan fingerprint density at radius 1 is 1.47 bits per heavy atom. The molecule has 0 N–H and O–H groups in total. The molecule has 0 aliphatic carbocycles. The van der Waals surface area contributed by atoms with Gasteiger partial charge in [0.25, 0.3) is 5.69 Å². The molecule has 0 saturated heterocycles. The maximum Gasteiger partial charge on any atom is 0.282 e. The van der Waals surface area contributed by atoms with Gasteiger partial charge < -0.3 is 0 Å². The van der Waals surface area contributed by atoms with Crippen molar-refractivity contribution in [2.24, 2.45) is 0 Å². The van der Waals surface area contributed by atoms with Crippen LogP contribution in [-0.2, 0) is 5.41 Å². The van der Waals surface area contributed by atoms with Crippen molar-refractivity contribution in [2.75, 3.05) is 0 Å². The minimum Gasteiger partial charge on any atom is -0.258 e. The van der Waals surface area contributed by atoms with Gasteiger partial charge in [-0.05, 0) is 40.0 Å². The highest BCUT2D eigenvalue weighted by atomic mass is 127. The summed E-state index contributed by atoms with van der Waals surface area (Å²) in [5, 5.41) is 10.8. The third kappa shape index (κ3) is 2.48. The lowest BCUT2D eigenvalue weighted by Gasteiger charge is -2.24. The standard InChI is InChI=1S/C11H14INO2/c1-4-11(2,3)8-6-5-7-9(10(8)12)13(14)15/h5-7H,4H2,1-3H3. The summed E-state index contributed by atoms with van der Waals surface area (Å²) in [4.78, 5) is 10.5. The molecule has 0 radical (unpaired) electrons. The molecule has 0 bridgehead atoms. The van der Waals surface area contributed by atoms with Gasteiger partial charge in [-0.1, -0.05) is 32.9 Å². The average molecular weight is 319 g/mol. The Labute approximate surface area is 103 Å². The molecule has 0 fully saturated rings. The van der Waals surface area contributed by atoms with E-state index in [1.54, 1.807) is 12.1 Å². The van der Waals surface area contributed by atoms with E-state index in [0.29, 0.717) is 0 Å². The second kappa shape index (κ2) is 4.47. The van der Waals surface area contributed by atoms with E-state index in [1.807, 2.05) is 6.07 Å². The first-order chi connectivity index (χ1) is 6.90. The molecule has 0 aliphatic rings. The number of nitro benzene ring substituents is 1. The van der Waals surface area contributed by atoms with E-state index in [0.717, 1.165) is 15.6 Å². The maximum atomic E-state index is 10.8. The molecule has 4 heteroatoms. The first-order valence-electron chi connectivity index (χ1n) is 4.83. The number of nitro groups is 1. The largest absolute Gasteiger partial charge is 0.282 e. The third-order valence-electron chi connectivity index (χ3n) is 2.79. The highest BCUT2D eigenvalue weighted by Gasteiger charge is 2.25. The normalized spacial score (nSPS) is 11.5. The SMILES string of the molecule is CCC(C)(C)c1cccc([N+](=O)[O-])c1I. The molecule has 1 aromatic carbocycles. The quantitative estimate of drug-likeness (QED) is 0.482. The van der Waals surface area contributed by atoms with Crippen LogP contribution in [0.25, 0.3) is 0 Å². The van der Waals surface area contributed by atoms with Crippen molar-refractivity contribution in [3.05, 3.63) is 37.4 Å². The summed E-state index contributed by atoms with van der Waals surface area (Å²) in [6.07, 6.45) is 0.962. The summed E-state index contributed by atoms with van der Waals surface area (Å²) < 4.78 is 0.756. The number of halogens is 1. The van der Waals surface area contributed by atoms with Crippen molar-refractivity contribution in [1.82, 2.24) is 0 Å². The van der Waals surface area contributed by atoms with Crippen LogP contribution in [0.3, 0.4) is 0 Å². The Hall–Kier alpha value is -0.650. The van der Waals surface area contributed by atoms with Gasteiger partial charge in [0, 0.05) is 6.07 Å². The van der Waals surface area contributed by atoms with Crippen LogP contribution in [-0.4, -0.2) is 4.92 Å². The zero-order chi connectivity index (χ0) is 11.6. The summed E-state index contributed by atoms with van der Waals surface area (Å²) in [6.45, 7) is 6.30. The lowest BCUT2D eigenvalue weighted by atomic mass is 9.82. The van der Waals surface area contributed by atoms with Crippen molar-refractivity contribution >= 4 is 28.3 Å². The van der Waals surface area contributed by atoms with Crippen molar-refractivity contribution < 1.29 is 4.92 Å². The number of hydrogen-bond acceptors (Lipinski definition) is 2. The van der Waals surface area contributed by atoms with E-state index >= 15 is 0 Å². The van der Waals surface area contributed by atoms with E-state index in [2.05, 4.69) is 43.4 Å². The van der Waals surface area contributed by atoms with Gasteiger partial charge in [0.2, 0.25) is 0 Å². The lowest BCUT2D eigenvalue weighted by Crippen LogP contribution is -2.17. The molecule has 15 heavy (non-hydrogen) atoms. The molecular formula is C11H14INO2. The van der Waals surface area contributed by atoms with Crippen LogP contribution in [0, 0.1) is 13.7 Å². The smallest absolute Gasteiger partial charge is 0.258 e. The van der Waals surface area contributed by atoms with Crippen LogP contribution in [0.1, 0.15) is 32.8 Å². The molecule has 0 saturated carbocycles. The van der Waals surface area contributed by atoms with E-state index in [9.17, 15) is 10.1 Å². The molecule has 0 atom stereocenters. The Balaban J connectivity index is 3.33. The number of benzene rings is 1. The van der Waals surface area contributed by atoms with E-state index in [1.165, 1.54) is 0 Å². The van der Waals surface area contributed by atoms with E-state index in [4.69, 9.17) is 0 Å². The minimum absolute atomic E-state index is 0.0114. The van der Waals surface area contributed by atoms with Crippen LogP contribution in [0.4, 0.5) is 5.69 Å². The predicted molar refractivity (Wildman–Crippen MR) is 69.1 cm³/mol. The predicted octanol–water partition coefficient (Wildman–Crippen LogP) is 3.89. The molecule has 0 spiro atoms. The summed E-state index contributed by atoms with van der Waals surface area (Å²) in [7, 11) is 0. The third-order valence-corrected chi connectivity index (χ3v) is 3.92. The number of hydrogen-bond donors (Lipinski definition) is 0. The van der Waals surface area contributed by atoms with Crippen LogP contribution in [0.15, 0.2) is 18.2 Å². The molecule has 0 aliphatic heterocycles. The molecular weight excluding hydrogens is 305 g/mol. The molecule has 0 aromatic heterocycles. The van der Waals surface area contributed by atoms with E-state index in [-0.39, 0.29) is 16.0 Å². The molecule has 3 nitrogen and oxygen atoms in total. The first-order valence-corrected chi connectivity index (χ1v) is 5.91. The van der Waals surface area contributed by atoms with Crippen LogP contribution >= 0.6 is 22.6 Å². The van der Waals surface area contributed by atoms with Gasteiger partial charge in [-0.2, -0.15) is 0 Å². The molecule has 0 heterocycles. The maximum absolute atomic E-state index is 10.8. The second-order valence-corrected chi connectivity index (χ2v) is 5.21. The minimum atomic E-state index is -0.322. The Kier molecular flexibility index (Phi) is 3.70. The lowest BCUT2D eigenvalue weighted by molar-refractivity contribution is -0.385. The topological polar surface area (TPSA) is 43.1 Å². The molecule has 1 aromatic rings. The fourth-order valence-electron chi connectivity index (χ4n) is 1.37. The van der Waals surface area contributed by atoms with E-state index < -0.39 is 0 Å². The number of nitrogens with zero attached hydrogens (tertiary/aromatic N) is 1. The van der Waals surface area contributed by atoms with Crippen molar-refractivity contribution in [1.29, 1.82) is 0 Å². The monoisotopic (exact) mass is 319 g/mol.